The van der Waals surface area contributed by atoms with Gasteiger partial charge in [-0.2, -0.15) is 0 Å². The van der Waals surface area contributed by atoms with Gasteiger partial charge in [-0.15, -0.1) is 0 Å². The van der Waals surface area contributed by atoms with Gasteiger partial charge in [-0.25, -0.2) is 0 Å². The highest BCUT2D eigenvalue weighted by Crippen LogP contribution is 2.41. The van der Waals surface area contributed by atoms with Crippen LogP contribution in [0.3, 0.4) is 0 Å². The molecule has 0 aliphatic heterocycles. The summed E-state index contributed by atoms with van der Waals surface area (Å²) in [5, 5.41) is 8.52. The van der Waals surface area contributed by atoms with Crippen molar-refractivity contribution in [2.24, 2.45) is 0 Å². The molecule has 0 amide bonds. The Morgan fingerprint density at radius 1 is 0.362 bits per heavy atom. The molecule has 0 saturated carbocycles. The van der Waals surface area contributed by atoms with E-state index in [0.29, 0.717) is 0 Å². The molecule has 12 aromatic rings. The van der Waals surface area contributed by atoms with Crippen LogP contribution in [0.2, 0.25) is 0 Å². The van der Waals surface area contributed by atoms with E-state index in [4.69, 9.17) is 4.42 Å². The van der Waals surface area contributed by atoms with Crippen LogP contribution in [0.15, 0.2) is 186 Å². The van der Waals surface area contributed by atoms with Crippen LogP contribution in [-0.2, 0) is 6.42 Å². The van der Waals surface area contributed by atoms with Gasteiger partial charge < -0.3 is 18.1 Å². The Kier molecular flexibility index (Phi) is 6.53. The number of benzene rings is 8. The molecule has 0 unspecified atom stereocenters. The smallest absolute Gasteiger partial charge is 0.135 e. The first-order chi connectivity index (χ1) is 28.8. The standard InChI is InChI=1S/C54H35N3O/c1-2-12-36(13-3-1)55-47-18-8-4-14-39(47)43-30-34(22-26-50(43)55)35-23-27-51-44(31-35)40-15-5-9-19-48(40)56(51)37-24-28-52-45(32-37)41-16-6-10-20-49(41)57(52)38-25-29-54-46(33-38)42-17-7-11-21-53(42)58-54/h1-7,9-17,19-33H,8,18H2. The van der Waals surface area contributed by atoms with Crippen LogP contribution in [0.4, 0.5) is 0 Å². The molecule has 1 aliphatic carbocycles. The van der Waals surface area contributed by atoms with E-state index in [-0.39, 0.29) is 0 Å². The number of aromatic nitrogens is 3. The average Bonchev–Trinajstić information content (AvgIpc) is 4.02. The lowest BCUT2D eigenvalue weighted by atomic mass is 9.98. The normalized spacial score (nSPS) is 13.0. The summed E-state index contributed by atoms with van der Waals surface area (Å²) in [4.78, 5) is 0. The van der Waals surface area contributed by atoms with Crippen LogP contribution >= 0.6 is 0 Å². The van der Waals surface area contributed by atoms with E-state index in [1.54, 1.807) is 0 Å². The molecule has 0 radical (unpaired) electrons. The number of allylic oxidation sites excluding steroid dienone is 1. The molecule has 4 heteroatoms. The molecular formula is C54H35N3O. The number of hydrogen-bond donors (Lipinski definition) is 0. The fraction of sp³-hybridized carbons (Fsp3) is 0.0370. The van der Waals surface area contributed by atoms with Gasteiger partial charge in [-0.1, -0.05) is 97.1 Å². The van der Waals surface area contributed by atoms with Gasteiger partial charge in [0.25, 0.3) is 0 Å². The van der Waals surface area contributed by atoms with Crippen molar-refractivity contribution in [1.82, 2.24) is 13.7 Å². The van der Waals surface area contributed by atoms with Crippen LogP contribution in [-0.4, -0.2) is 13.7 Å². The Balaban J connectivity index is 0.973. The van der Waals surface area contributed by atoms with Gasteiger partial charge in [0.2, 0.25) is 0 Å². The number of rotatable bonds is 4. The van der Waals surface area contributed by atoms with E-state index >= 15 is 0 Å². The SMILES string of the molecule is C1=Cc2c(n(-c3ccccc3)c3ccc(-c4ccc5c(c4)c4ccccc4n5-c4ccc5c(c4)c4ccccc4n5-c4ccc5oc6ccccc6c5c4)cc23)CC1. The third-order valence-corrected chi connectivity index (χ3v) is 12.5. The van der Waals surface area contributed by atoms with E-state index in [0.717, 1.165) is 46.2 Å². The summed E-state index contributed by atoms with van der Waals surface area (Å²) in [6.07, 6.45) is 6.76. The molecule has 0 spiro atoms. The van der Waals surface area contributed by atoms with Gasteiger partial charge in [-0.05, 0) is 115 Å². The molecule has 4 heterocycles. The van der Waals surface area contributed by atoms with Crippen molar-refractivity contribution in [3.05, 3.63) is 193 Å². The highest BCUT2D eigenvalue weighted by atomic mass is 16.3. The van der Waals surface area contributed by atoms with E-state index in [1.165, 1.54) is 82.6 Å². The Hall–Kier alpha value is -7.56. The largest absolute Gasteiger partial charge is 0.456 e. The molecule has 0 N–H and O–H groups in total. The molecule has 1 aliphatic rings. The Morgan fingerprint density at radius 2 is 0.897 bits per heavy atom. The number of hydrogen-bond acceptors (Lipinski definition) is 1. The molecule has 0 bridgehead atoms. The predicted octanol–water partition coefficient (Wildman–Crippen LogP) is 14.4. The maximum absolute atomic E-state index is 6.20. The van der Waals surface area contributed by atoms with Crippen LogP contribution < -0.4 is 0 Å². The Bertz CT molecular complexity index is 3680. The summed E-state index contributed by atoms with van der Waals surface area (Å²) in [7, 11) is 0. The molecule has 4 aromatic heterocycles. The van der Waals surface area contributed by atoms with E-state index in [2.05, 4.69) is 190 Å². The van der Waals surface area contributed by atoms with Crippen molar-refractivity contribution >= 4 is 82.5 Å². The highest BCUT2D eigenvalue weighted by Gasteiger charge is 2.21. The minimum atomic E-state index is 0.904. The van der Waals surface area contributed by atoms with Crippen LogP contribution in [0, 0.1) is 0 Å². The van der Waals surface area contributed by atoms with E-state index in [9.17, 15) is 0 Å². The summed E-state index contributed by atoms with van der Waals surface area (Å²) in [5.74, 6) is 0. The minimum absolute atomic E-state index is 0.904. The molecule has 272 valence electrons. The first kappa shape index (κ1) is 31.6. The molecule has 0 saturated heterocycles. The fourth-order valence-electron chi connectivity index (χ4n) is 9.94. The molecule has 58 heavy (non-hydrogen) atoms. The van der Waals surface area contributed by atoms with Gasteiger partial charge in [0.05, 0.1) is 27.6 Å². The third-order valence-electron chi connectivity index (χ3n) is 12.5. The van der Waals surface area contributed by atoms with Crippen molar-refractivity contribution in [2.45, 2.75) is 12.8 Å². The van der Waals surface area contributed by atoms with E-state index in [1.807, 2.05) is 12.1 Å². The van der Waals surface area contributed by atoms with Crippen molar-refractivity contribution in [1.29, 1.82) is 0 Å². The van der Waals surface area contributed by atoms with Crippen molar-refractivity contribution in [2.75, 3.05) is 0 Å². The average molecular weight is 742 g/mol. The lowest BCUT2D eigenvalue weighted by Gasteiger charge is -2.13. The molecular weight excluding hydrogens is 707 g/mol. The second-order valence-electron chi connectivity index (χ2n) is 15.6. The second-order valence-corrected chi connectivity index (χ2v) is 15.6. The quantitative estimate of drug-likeness (QED) is 0.176. The topological polar surface area (TPSA) is 27.9 Å². The first-order valence-corrected chi connectivity index (χ1v) is 20.1. The summed E-state index contributed by atoms with van der Waals surface area (Å²) in [6.45, 7) is 0. The number of furan rings is 1. The number of fused-ring (bicyclic) bond motifs is 12. The van der Waals surface area contributed by atoms with Crippen LogP contribution in [0.25, 0.3) is 111 Å². The fourth-order valence-corrected chi connectivity index (χ4v) is 9.94. The monoisotopic (exact) mass is 741 g/mol. The molecule has 0 fully saturated rings. The maximum atomic E-state index is 6.20. The summed E-state index contributed by atoms with van der Waals surface area (Å²) in [6, 6.07) is 64.2. The summed E-state index contributed by atoms with van der Waals surface area (Å²) in [5.41, 5.74) is 16.5. The molecule has 8 aromatic carbocycles. The molecule has 0 atom stereocenters. The van der Waals surface area contributed by atoms with Gasteiger partial charge in [0, 0.05) is 66.0 Å². The Morgan fingerprint density at radius 3 is 1.64 bits per heavy atom. The van der Waals surface area contributed by atoms with E-state index < -0.39 is 0 Å². The number of nitrogens with zero attached hydrogens (tertiary/aromatic N) is 3. The predicted molar refractivity (Wildman–Crippen MR) is 242 cm³/mol. The van der Waals surface area contributed by atoms with Crippen molar-refractivity contribution in [3.63, 3.8) is 0 Å². The van der Waals surface area contributed by atoms with Crippen molar-refractivity contribution < 1.29 is 4.42 Å². The zero-order valence-corrected chi connectivity index (χ0v) is 31.6. The minimum Gasteiger partial charge on any atom is -0.456 e. The van der Waals surface area contributed by atoms with Crippen LogP contribution in [0.1, 0.15) is 17.7 Å². The van der Waals surface area contributed by atoms with Gasteiger partial charge >= 0.3 is 0 Å². The third kappa shape index (κ3) is 4.45. The lowest BCUT2D eigenvalue weighted by molar-refractivity contribution is 0.669. The second kappa shape index (κ2) is 12.0. The van der Waals surface area contributed by atoms with Crippen LogP contribution in [0.5, 0.6) is 0 Å². The molecule has 13 rings (SSSR count). The zero-order valence-electron chi connectivity index (χ0n) is 31.6. The zero-order chi connectivity index (χ0) is 37.9. The maximum Gasteiger partial charge on any atom is 0.135 e. The molecule has 4 nitrogen and oxygen atoms in total. The lowest BCUT2D eigenvalue weighted by Crippen LogP contribution is -2.02. The first-order valence-electron chi connectivity index (χ1n) is 20.1. The van der Waals surface area contributed by atoms with Gasteiger partial charge in [-0.3, -0.25) is 0 Å². The van der Waals surface area contributed by atoms with Gasteiger partial charge in [0.1, 0.15) is 11.2 Å². The number of para-hydroxylation sites is 4. The van der Waals surface area contributed by atoms with Gasteiger partial charge in [0.15, 0.2) is 0 Å². The summed E-state index contributed by atoms with van der Waals surface area (Å²) >= 11 is 0. The van der Waals surface area contributed by atoms with Crippen molar-refractivity contribution in [3.8, 4) is 28.2 Å². The highest BCUT2D eigenvalue weighted by molar-refractivity contribution is 6.13. The Labute approximate surface area is 333 Å². The summed E-state index contributed by atoms with van der Waals surface area (Å²) < 4.78 is 13.5.